The fourth-order valence-electron chi connectivity index (χ4n) is 3.62. The van der Waals surface area contributed by atoms with Crippen molar-refractivity contribution in [3.63, 3.8) is 0 Å². The number of aromatic amines is 1. The van der Waals surface area contributed by atoms with E-state index in [1.54, 1.807) is 0 Å². The van der Waals surface area contributed by atoms with Crippen molar-refractivity contribution in [3.05, 3.63) is 57.6 Å². The van der Waals surface area contributed by atoms with Crippen molar-refractivity contribution in [2.45, 2.75) is 57.4 Å². The Kier molecular flexibility index (Phi) is 5.71. The highest BCUT2D eigenvalue weighted by molar-refractivity contribution is 5.78. The molecule has 1 heterocycles. The summed E-state index contributed by atoms with van der Waals surface area (Å²) < 4.78 is 0. The van der Waals surface area contributed by atoms with Crippen molar-refractivity contribution in [3.8, 4) is 5.88 Å². The van der Waals surface area contributed by atoms with Crippen LogP contribution in [0.2, 0.25) is 0 Å². The predicted octanol–water partition coefficient (Wildman–Crippen LogP) is 2.75. The lowest BCUT2D eigenvalue weighted by atomic mass is 9.88. The van der Waals surface area contributed by atoms with Gasteiger partial charge in [0.2, 0.25) is 11.8 Å². The second kappa shape index (κ2) is 8.17. The number of aromatic hydroxyl groups is 1. The fourth-order valence-corrected chi connectivity index (χ4v) is 3.62. The number of nitrogens with one attached hydrogen (secondary N) is 2. The van der Waals surface area contributed by atoms with E-state index in [4.69, 9.17) is 0 Å². The second-order valence-electron chi connectivity index (χ2n) is 7.04. The third-order valence-corrected chi connectivity index (χ3v) is 5.06. The maximum atomic E-state index is 12.6. The second-order valence-corrected chi connectivity index (χ2v) is 7.04. The Balaban J connectivity index is 1.86. The van der Waals surface area contributed by atoms with Gasteiger partial charge < -0.3 is 15.4 Å². The Morgan fingerprint density at radius 3 is 2.62 bits per heavy atom. The molecule has 138 valence electrons. The van der Waals surface area contributed by atoms with E-state index in [-0.39, 0.29) is 29.8 Å². The Morgan fingerprint density at radius 2 is 1.96 bits per heavy atom. The van der Waals surface area contributed by atoms with E-state index in [9.17, 15) is 14.7 Å². The van der Waals surface area contributed by atoms with Crippen molar-refractivity contribution >= 4 is 5.91 Å². The van der Waals surface area contributed by atoms with E-state index in [0.29, 0.717) is 0 Å². The van der Waals surface area contributed by atoms with E-state index in [2.05, 4.69) is 15.3 Å². The Bertz CT molecular complexity index is 808. The number of carbonyl (C=O) groups excluding carboxylic acids is 1. The first-order chi connectivity index (χ1) is 12.5. The highest BCUT2D eigenvalue weighted by Gasteiger charge is 2.26. The fraction of sp³-hybridized carbons (Fsp3) is 0.450. The highest BCUT2D eigenvalue weighted by Crippen LogP contribution is 2.30. The molecule has 26 heavy (non-hydrogen) atoms. The van der Waals surface area contributed by atoms with Gasteiger partial charge in [0.25, 0.3) is 5.56 Å². The maximum absolute atomic E-state index is 12.6. The molecule has 1 amide bonds. The van der Waals surface area contributed by atoms with Gasteiger partial charge in [0.05, 0.1) is 11.9 Å². The summed E-state index contributed by atoms with van der Waals surface area (Å²) >= 11 is 0. The first kappa shape index (κ1) is 18.2. The normalized spacial score (nSPS) is 16.2. The van der Waals surface area contributed by atoms with Crippen LogP contribution in [-0.4, -0.2) is 27.0 Å². The van der Waals surface area contributed by atoms with Gasteiger partial charge in [0, 0.05) is 18.4 Å². The summed E-state index contributed by atoms with van der Waals surface area (Å²) in [5, 5.41) is 13.2. The molecule has 1 fully saturated rings. The van der Waals surface area contributed by atoms with Crippen molar-refractivity contribution in [2.24, 2.45) is 0 Å². The van der Waals surface area contributed by atoms with Crippen molar-refractivity contribution < 1.29 is 9.90 Å². The summed E-state index contributed by atoms with van der Waals surface area (Å²) in [5.74, 6) is -0.980. The number of hydrogen-bond acceptors (Lipinski definition) is 4. The van der Waals surface area contributed by atoms with Crippen LogP contribution in [0, 0.1) is 6.92 Å². The number of rotatable bonds is 5. The molecule has 6 nitrogen and oxygen atoms in total. The number of benzene rings is 1. The number of H-pyrrole nitrogens is 1. The van der Waals surface area contributed by atoms with Gasteiger partial charge in [0.1, 0.15) is 0 Å². The van der Waals surface area contributed by atoms with Crippen molar-refractivity contribution in [2.75, 3.05) is 0 Å². The van der Waals surface area contributed by atoms with Gasteiger partial charge in [-0.2, -0.15) is 0 Å². The maximum Gasteiger partial charge on any atom is 0.258 e. The molecule has 1 aromatic carbocycles. The molecule has 1 saturated carbocycles. The molecule has 0 bridgehead atoms. The Labute approximate surface area is 152 Å². The molecular formula is C20H25N3O3. The molecule has 0 spiro atoms. The summed E-state index contributed by atoms with van der Waals surface area (Å²) in [4.78, 5) is 31.2. The van der Waals surface area contributed by atoms with Crippen molar-refractivity contribution in [1.82, 2.24) is 15.3 Å². The minimum absolute atomic E-state index is 0.0991. The zero-order valence-electron chi connectivity index (χ0n) is 15.0. The number of amides is 1. The minimum Gasteiger partial charge on any atom is -0.493 e. The van der Waals surface area contributed by atoms with Crippen LogP contribution in [0.25, 0.3) is 0 Å². The number of carbonyl (C=O) groups is 1. The van der Waals surface area contributed by atoms with E-state index in [1.165, 1.54) is 6.42 Å². The van der Waals surface area contributed by atoms with Crippen LogP contribution in [0.1, 0.15) is 61.1 Å². The topological polar surface area (TPSA) is 95.1 Å². The van der Waals surface area contributed by atoms with E-state index < -0.39 is 11.5 Å². The summed E-state index contributed by atoms with van der Waals surface area (Å²) in [6.45, 7) is 1.98. The SMILES string of the molecule is Cc1ccc([C@@H](CC(=O)NC2CCCCC2)c2c(O)nc[nH]c2=O)cc1. The molecule has 1 atom stereocenters. The summed E-state index contributed by atoms with van der Waals surface area (Å²) in [5.41, 5.74) is 1.61. The molecule has 0 unspecified atom stereocenters. The van der Waals surface area contributed by atoms with Crippen LogP contribution in [-0.2, 0) is 4.79 Å². The average Bonchev–Trinajstić information content (AvgIpc) is 2.62. The van der Waals surface area contributed by atoms with E-state index in [0.717, 1.165) is 43.1 Å². The number of aryl methyl sites for hydroxylation is 1. The monoisotopic (exact) mass is 355 g/mol. The molecule has 3 rings (SSSR count). The first-order valence-electron chi connectivity index (χ1n) is 9.17. The lowest BCUT2D eigenvalue weighted by Crippen LogP contribution is -2.37. The summed E-state index contributed by atoms with van der Waals surface area (Å²) in [6, 6.07) is 7.85. The van der Waals surface area contributed by atoms with Gasteiger partial charge >= 0.3 is 0 Å². The molecule has 2 aromatic rings. The lowest BCUT2D eigenvalue weighted by molar-refractivity contribution is -0.122. The van der Waals surface area contributed by atoms with Crippen LogP contribution in [0.4, 0.5) is 0 Å². The standard InChI is InChI=1S/C20H25N3O3/c1-13-7-9-14(10-8-13)16(18-19(25)21-12-22-20(18)26)11-17(24)23-15-5-3-2-4-6-15/h7-10,12,15-16H,2-6,11H2,1H3,(H,23,24)(H2,21,22,25,26)/t16-/m1/s1. The molecule has 1 aliphatic rings. The smallest absolute Gasteiger partial charge is 0.258 e. The van der Waals surface area contributed by atoms with Gasteiger partial charge in [-0.3, -0.25) is 9.59 Å². The van der Waals surface area contributed by atoms with Crippen LogP contribution in [0.15, 0.2) is 35.4 Å². The van der Waals surface area contributed by atoms with Crippen LogP contribution >= 0.6 is 0 Å². The molecular weight excluding hydrogens is 330 g/mol. The summed E-state index contributed by atoms with van der Waals surface area (Å²) in [6.07, 6.45) is 6.75. The van der Waals surface area contributed by atoms with Gasteiger partial charge in [-0.1, -0.05) is 49.1 Å². The van der Waals surface area contributed by atoms with Gasteiger partial charge in [0.15, 0.2) is 0 Å². The zero-order valence-corrected chi connectivity index (χ0v) is 15.0. The van der Waals surface area contributed by atoms with Gasteiger partial charge in [-0.05, 0) is 25.3 Å². The molecule has 1 aromatic heterocycles. The average molecular weight is 355 g/mol. The Morgan fingerprint density at radius 1 is 1.27 bits per heavy atom. The number of hydrogen-bond donors (Lipinski definition) is 3. The van der Waals surface area contributed by atoms with Gasteiger partial charge in [-0.25, -0.2) is 4.98 Å². The van der Waals surface area contributed by atoms with Crippen LogP contribution < -0.4 is 10.9 Å². The molecule has 0 aliphatic heterocycles. The first-order valence-corrected chi connectivity index (χ1v) is 9.17. The lowest BCUT2D eigenvalue weighted by Gasteiger charge is -2.24. The number of aromatic nitrogens is 2. The minimum atomic E-state index is -0.545. The quantitative estimate of drug-likeness (QED) is 0.768. The van der Waals surface area contributed by atoms with E-state index in [1.807, 2.05) is 31.2 Å². The molecule has 3 N–H and O–H groups in total. The molecule has 6 heteroatoms. The van der Waals surface area contributed by atoms with Crippen LogP contribution in [0.3, 0.4) is 0 Å². The summed E-state index contributed by atoms with van der Waals surface area (Å²) in [7, 11) is 0. The third kappa shape index (κ3) is 4.31. The molecule has 0 radical (unpaired) electrons. The van der Waals surface area contributed by atoms with Gasteiger partial charge in [-0.15, -0.1) is 0 Å². The van der Waals surface area contributed by atoms with Crippen LogP contribution in [0.5, 0.6) is 5.88 Å². The Hall–Kier alpha value is -2.63. The predicted molar refractivity (Wildman–Crippen MR) is 99.2 cm³/mol. The highest BCUT2D eigenvalue weighted by atomic mass is 16.3. The third-order valence-electron chi connectivity index (χ3n) is 5.06. The number of nitrogens with zero attached hydrogens (tertiary/aromatic N) is 1. The van der Waals surface area contributed by atoms with E-state index >= 15 is 0 Å². The molecule has 1 aliphatic carbocycles. The zero-order chi connectivity index (χ0) is 18.5. The molecule has 0 saturated heterocycles. The largest absolute Gasteiger partial charge is 0.493 e. The van der Waals surface area contributed by atoms with Crippen molar-refractivity contribution in [1.29, 1.82) is 0 Å².